The summed E-state index contributed by atoms with van der Waals surface area (Å²) in [6.45, 7) is 1.94. The van der Waals surface area contributed by atoms with Crippen LogP contribution >= 0.6 is 11.3 Å². The van der Waals surface area contributed by atoms with Gasteiger partial charge in [-0.05, 0) is 31.2 Å². The summed E-state index contributed by atoms with van der Waals surface area (Å²) >= 11 is 1.26. The van der Waals surface area contributed by atoms with Crippen LogP contribution in [0.1, 0.15) is 16.7 Å². The molecule has 0 bridgehead atoms. The predicted molar refractivity (Wildman–Crippen MR) is 90.4 cm³/mol. The van der Waals surface area contributed by atoms with E-state index in [4.69, 9.17) is 0 Å². The average Bonchev–Trinajstić information content (AvgIpc) is 2.99. The molecular formula is C17H16N2O3S. The Bertz CT molecular complexity index is 796. The number of thiazole rings is 1. The molecule has 1 amide bonds. The van der Waals surface area contributed by atoms with Crippen LogP contribution < -0.4 is 5.32 Å². The van der Waals surface area contributed by atoms with E-state index in [1.807, 2.05) is 43.3 Å². The number of hydrogen-bond acceptors (Lipinski definition) is 5. The number of carbonyl (C=O) groups is 1. The Morgan fingerprint density at radius 2 is 1.83 bits per heavy atom. The molecule has 5 nitrogen and oxygen atoms in total. The summed E-state index contributed by atoms with van der Waals surface area (Å²) in [5.41, 5.74) is 2.37. The first-order valence-corrected chi connectivity index (χ1v) is 7.95. The normalized spacial score (nSPS) is 13.7. The lowest BCUT2D eigenvalue weighted by Crippen LogP contribution is -2.33. The van der Waals surface area contributed by atoms with Crippen LogP contribution in [0, 0.1) is 6.92 Å². The topological polar surface area (TPSA) is 82.5 Å². The van der Waals surface area contributed by atoms with E-state index in [0.717, 1.165) is 15.8 Å². The first-order valence-electron chi connectivity index (χ1n) is 7.14. The molecule has 2 aromatic carbocycles. The molecule has 3 aromatic rings. The Morgan fingerprint density at radius 1 is 1.13 bits per heavy atom. The molecule has 2 unspecified atom stereocenters. The molecular weight excluding hydrogens is 312 g/mol. The number of nitrogens with zero attached hydrogens (tertiary/aromatic N) is 1. The van der Waals surface area contributed by atoms with Gasteiger partial charge < -0.3 is 15.5 Å². The van der Waals surface area contributed by atoms with Crippen LogP contribution in [0.25, 0.3) is 10.2 Å². The van der Waals surface area contributed by atoms with Crippen LogP contribution in [0.3, 0.4) is 0 Å². The number of amides is 1. The Labute approximate surface area is 137 Å². The van der Waals surface area contributed by atoms with Crippen LogP contribution in [0.4, 0.5) is 5.69 Å². The van der Waals surface area contributed by atoms with Gasteiger partial charge in [0.05, 0.1) is 10.2 Å². The monoisotopic (exact) mass is 328 g/mol. The van der Waals surface area contributed by atoms with Gasteiger partial charge in [-0.3, -0.25) is 4.79 Å². The van der Waals surface area contributed by atoms with Gasteiger partial charge in [0.2, 0.25) is 0 Å². The van der Waals surface area contributed by atoms with Crippen molar-refractivity contribution in [3.05, 3.63) is 59.1 Å². The number of rotatable bonds is 4. The molecule has 1 heterocycles. The Kier molecular flexibility index (Phi) is 4.38. The van der Waals surface area contributed by atoms with E-state index in [2.05, 4.69) is 10.3 Å². The maximum atomic E-state index is 12.1. The summed E-state index contributed by atoms with van der Waals surface area (Å²) in [4.78, 5) is 16.3. The average molecular weight is 328 g/mol. The molecule has 0 radical (unpaired) electrons. The molecule has 6 heteroatoms. The van der Waals surface area contributed by atoms with Gasteiger partial charge in [0.1, 0.15) is 11.1 Å². The van der Waals surface area contributed by atoms with Gasteiger partial charge in [-0.1, -0.05) is 29.8 Å². The molecule has 118 valence electrons. The van der Waals surface area contributed by atoms with Crippen molar-refractivity contribution in [3.63, 3.8) is 0 Å². The van der Waals surface area contributed by atoms with Gasteiger partial charge in [0, 0.05) is 5.69 Å². The predicted octanol–water partition coefficient (Wildman–Crippen LogP) is 2.64. The number of para-hydroxylation sites is 1. The molecule has 0 saturated heterocycles. The van der Waals surface area contributed by atoms with Gasteiger partial charge in [-0.2, -0.15) is 0 Å². The molecule has 0 fully saturated rings. The van der Waals surface area contributed by atoms with Crippen molar-refractivity contribution in [2.75, 3.05) is 5.32 Å². The van der Waals surface area contributed by atoms with Gasteiger partial charge in [-0.25, -0.2) is 4.98 Å². The molecule has 0 spiro atoms. The Hall–Kier alpha value is -2.28. The maximum Gasteiger partial charge on any atom is 0.256 e. The van der Waals surface area contributed by atoms with Crippen LogP contribution in [-0.2, 0) is 4.79 Å². The van der Waals surface area contributed by atoms with Crippen molar-refractivity contribution in [1.82, 2.24) is 4.98 Å². The summed E-state index contributed by atoms with van der Waals surface area (Å²) in [5, 5.41) is 23.2. The highest BCUT2D eigenvalue weighted by Gasteiger charge is 2.28. The zero-order valence-corrected chi connectivity index (χ0v) is 13.2. The summed E-state index contributed by atoms with van der Waals surface area (Å²) in [5.74, 6) is -0.666. The third kappa shape index (κ3) is 3.39. The molecule has 0 aliphatic carbocycles. The highest BCUT2D eigenvalue weighted by molar-refractivity contribution is 7.18. The van der Waals surface area contributed by atoms with E-state index in [1.54, 1.807) is 12.1 Å². The smallest absolute Gasteiger partial charge is 0.256 e. The summed E-state index contributed by atoms with van der Waals surface area (Å²) in [7, 11) is 0. The lowest BCUT2D eigenvalue weighted by molar-refractivity contribution is -0.129. The van der Waals surface area contributed by atoms with Crippen molar-refractivity contribution < 1.29 is 15.0 Å². The number of aliphatic hydroxyl groups is 2. The second kappa shape index (κ2) is 6.45. The van der Waals surface area contributed by atoms with Crippen LogP contribution in [0.2, 0.25) is 0 Å². The van der Waals surface area contributed by atoms with Gasteiger partial charge in [0.25, 0.3) is 5.91 Å². The van der Waals surface area contributed by atoms with Crippen molar-refractivity contribution in [2.24, 2.45) is 0 Å². The van der Waals surface area contributed by atoms with E-state index >= 15 is 0 Å². The maximum absolute atomic E-state index is 12.1. The second-order valence-corrected chi connectivity index (χ2v) is 6.33. The number of aliphatic hydroxyl groups excluding tert-OH is 2. The molecule has 0 aliphatic heterocycles. The Balaban J connectivity index is 1.74. The van der Waals surface area contributed by atoms with Crippen molar-refractivity contribution in [1.29, 1.82) is 0 Å². The number of hydrogen-bond donors (Lipinski definition) is 3. The van der Waals surface area contributed by atoms with Crippen molar-refractivity contribution in [2.45, 2.75) is 19.1 Å². The highest BCUT2D eigenvalue weighted by Crippen LogP contribution is 2.28. The van der Waals surface area contributed by atoms with Crippen molar-refractivity contribution >= 4 is 33.1 Å². The first kappa shape index (κ1) is 15.6. The van der Waals surface area contributed by atoms with Crippen LogP contribution in [0.5, 0.6) is 0 Å². The van der Waals surface area contributed by atoms with Gasteiger partial charge in [0.15, 0.2) is 6.10 Å². The van der Waals surface area contributed by atoms with E-state index in [-0.39, 0.29) is 0 Å². The molecule has 0 saturated carbocycles. The fourth-order valence-corrected chi connectivity index (χ4v) is 3.13. The van der Waals surface area contributed by atoms with E-state index in [1.165, 1.54) is 11.3 Å². The molecule has 23 heavy (non-hydrogen) atoms. The molecule has 3 rings (SSSR count). The van der Waals surface area contributed by atoms with Crippen LogP contribution in [0.15, 0.2) is 48.5 Å². The molecule has 0 aliphatic rings. The second-order valence-electron chi connectivity index (χ2n) is 5.26. The molecule has 2 atom stereocenters. The quantitative estimate of drug-likeness (QED) is 0.687. The zero-order valence-electron chi connectivity index (χ0n) is 12.4. The number of carbonyl (C=O) groups excluding carboxylic acids is 1. The van der Waals surface area contributed by atoms with Gasteiger partial charge >= 0.3 is 0 Å². The Morgan fingerprint density at radius 3 is 2.52 bits per heavy atom. The molecule has 1 aromatic heterocycles. The number of aromatic nitrogens is 1. The number of fused-ring (bicyclic) bond motifs is 1. The summed E-state index contributed by atoms with van der Waals surface area (Å²) in [6, 6.07) is 14.6. The number of anilines is 1. The summed E-state index contributed by atoms with van der Waals surface area (Å²) < 4.78 is 0.896. The van der Waals surface area contributed by atoms with Crippen LogP contribution in [-0.4, -0.2) is 27.2 Å². The highest BCUT2D eigenvalue weighted by atomic mass is 32.1. The fraction of sp³-hybridized carbons (Fsp3) is 0.176. The first-order chi connectivity index (χ1) is 11.0. The lowest BCUT2D eigenvalue weighted by Gasteiger charge is -2.15. The minimum atomic E-state index is -1.59. The largest absolute Gasteiger partial charge is 0.383 e. The SMILES string of the molecule is Cc1ccc(NC(=O)C(O)C(O)c2nc3ccccc3s2)cc1. The third-order valence-electron chi connectivity index (χ3n) is 3.45. The number of nitrogens with one attached hydrogen (secondary N) is 1. The van der Waals surface area contributed by atoms with Gasteiger partial charge in [-0.15, -0.1) is 11.3 Å². The summed E-state index contributed by atoms with van der Waals surface area (Å²) in [6.07, 6.45) is -2.95. The number of aryl methyl sites for hydroxylation is 1. The van der Waals surface area contributed by atoms with E-state index in [9.17, 15) is 15.0 Å². The molecule has 3 N–H and O–H groups in total. The number of benzene rings is 2. The van der Waals surface area contributed by atoms with E-state index < -0.39 is 18.1 Å². The lowest BCUT2D eigenvalue weighted by atomic mass is 10.2. The van der Waals surface area contributed by atoms with E-state index in [0.29, 0.717) is 10.7 Å². The minimum absolute atomic E-state index is 0.317. The minimum Gasteiger partial charge on any atom is -0.383 e. The fourth-order valence-electron chi connectivity index (χ4n) is 2.15. The van der Waals surface area contributed by atoms with Crippen molar-refractivity contribution in [3.8, 4) is 0 Å². The zero-order chi connectivity index (χ0) is 16.4. The standard InChI is InChI=1S/C17H16N2O3S/c1-10-6-8-11(9-7-10)18-16(22)14(20)15(21)17-19-12-4-2-3-5-13(12)23-17/h2-9,14-15,20-21H,1H3,(H,18,22). The third-order valence-corrected chi connectivity index (χ3v) is 4.56.